The summed E-state index contributed by atoms with van der Waals surface area (Å²) in [7, 11) is 0. The first-order valence-electron chi connectivity index (χ1n) is 2.86. The van der Waals surface area contributed by atoms with Gasteiger partial charge in [0.2, 0.25) is 0 Å². The van der Waals surface area contributed by atoms with E-state index in [2.05, 4.69) is 5.92 Å². The van der Waals surface area contributed by atoms with Gasteiger partial charge >= 0.3 is 0 Å². The SMILES string of the molecule is C#CC(C)/C=C\C(C)=N. The average Bonchev–Trinajstić information content (AvgIpc) is 1.83. The molecule has 0 aromatic heterocycles. The van der Waals surface area contributed by atoms with E-state index in [1.165, 1.54) is 0 Å². The van der Waals surface area contributed by atoms with Gasteiger partial charge in [0.15, 0.2) is 0 Å². The van der Waals surface area contributed by atoms with Gasteiger partial charge < -0.3 is 5.41 Å². The van der Waals surface area contributed by atoms with Crippen molar-refractivity contribution in [3.63, 3.8) is 0 Å². The zero-order chi connectivity index (χ0) is 7.28. The third kappa shape index (κ3) is 4.83. The van der Waals surface area contributed by atoms with E-state index in [0.717, 1.165) is 0 Å². The minimum Gasteiger partial charge on any atom is -0.306 e. The first-order valence-corrected chi connectivity index (χ1v) is 2.86. The van der Waals surface area contributed by atoms with E-state index >= 15 is 0 Å². The zero-order valence-electron chi connectivity index (χ0n) is 5.81. The van der Waals surface area contributed by atoms with Gasteiger partial charge in [-0.05, 0) is 19.9 Å². The Morgan fingerprint density at radius 2 is 2.33 bits per heavy atom. The molecular weight excluding hydrogens is 110 g/mol. The Morgan fingerprint density at radius 1 is 1.78 bits per heavy atom. The molecule has 1 atom stereocenters. The molecule has 0 radical (unpaired) electrons. The molecule has 0 spiro atoms. The third-order valence-electron chi connectivity index (χ3n) is 0.898. The molecule has 0 amide bonds. The molecule has 0 aliphatic rings. The number of allylic oxidation sites excluding steroid dienone is 2. The Bertz CT molecular complexity index is 160. The molecule has 0 fully saturated rings. The molecular formula is C8H11N. The van der Waals surface area contributed by atoms with E-state index in [-0.39, 0.29) is 5.92 Å². The first kappa shape index (κ1) is 7.97. The molecule has 0 aromatic rings. The molecule has 0 heterocycles. The Balaban J connectivity index is 3.74. The summed E-state index contributed by atoms with van der Waals surface area (Å²) in [6.07, 6.45) is 8.63. The van der Waals surface area contributed by atoms with Gasteiger partial charge in [0.25, 0.3) is 0 Å². The quantitative estimate of drug-likeness (QED) is 0.426. The fourth-order valence-electron chi connectivity index (χ4n) is 0.344. The molecule has 1 heteroatoms. The minimum absolute atomic E-state index is 0.144. The summed E-state index contributed by atoms with van der Waals surface area (Å²) in [5.74, 6) is 2.68. The van der Waals surface area contributed by atoms with Crippen molar-refractivity contribution in [3.8, 4) is 12.3 Å². The number of rotatable bonds is 2. The molecule has 0 aromatic carbocycles. The lowest BCUT2D eigenvalue weighted by Gasteiger charge is -1.90. The van der Waals surface area contributed by atoms with Crippen LogP contribution in [-0.2, 0) is 0 Å². The second-order valence-corrected chi connectivity index (χ2v) is 2.00. The summed E-state index contributed by atoms with van der Waals surface area (Å²) in [6, 6.07) is 0. The zero-order valence-corrected chi connectivity index (χ0v) is 5.81. The summed E-state index contributed by atoms with van der Waals surface area (Å²) < 4.78 is 0. The molecule has 0 saturated heterocycles. The lowest BCUT2D eigenvalue weighted by molar-refractivity contribution is 0.983. The molecule has 1 unspecified atom stereocenters. The normalized spacial score (nSPS) is 13.0. The van der Waals surface area contributed by atoms with Crippen LogP contribution in [0.1, 0.15) is 13.8 Å². The minimum atomic E-state index is 0.144. The predicted molar refractivity (Wildman–Crippen MR) is 40.5 cm³/mol. The highest BCUT2D eigenvalue weighted by atomic mass is 14.4. The molecule has 0 bridgehead atoms. The lowest BCUT2D eigenvalue weighted by atomic mass is 10.2. The summed E-state index contributed by atoms with van der Waals surface area (Å²) in [6.45, 7) is 3.64. The van der Waals surface area contributed by atoms with Gasteiger partial charge in [-0.3, -0.25) is 0 Å². The highest BCUT2D eigenvalue weighted by Gasteiger charge is 1.85. The van der Waals surface area contributed by atoms with Gasteiger partial charge in [0.1, 0.15) is 0 Å². The maximum Gasteiger partial charge on any atom is 0.0355 e. The van der Waals surface area contributed by atoms with Crippen LogP contribution in [0.5, 0.6) is 0 Å². The number of terminal acetylenes is 1. The van der Waals surface area contributed by atoms with Gasteiger partial charge in [0, 0.05) is 11.6 Å². The summed E-state index contributed by atoms with van der Waals surface area (Å²) >= 11 is 0. The number of hydrogen-bond acceptors (Lipinski definition) is 1. The van der Waals surface area contributed by atoms with Crippen molar-refractivity contribution in [2.24, 2.45) is 5.92 Å². The Kier molecular flexibility index (Phi) is 3.46. The Hall–Kier alpha value is -1.03. The maximum absolute atomic E-state index is 7.01. The predicted octanol–water partition coefficient (Wildman–Crippen LogP) is 1.85. The molecule has 0 aliphatic heterocycles. The van der Waals surface area contributed by atoms with Crippen molar-refractivity contribution in [2.75, 3.05) is 0 Å². The van der Waals surface area contributed by atoms with Gasteiger partial charge in [-0.15, -0.1) is 6.42 Å². The molecule has 0 rings (SSSR count). The first-order chi connectivity index (χ1) is 4.16. The van der Waals surface area contributed by atoms with Crippen LogP contribution in [-0.4, -0.2) is 5.71 Å². The monoisotopic (exact) mass is 121 g/mol. The molecule has 0 aliphatic carbocycles. The van der Waals surface area contributed by atoms with Crippen LogP contribution in [0, 0.1) is 23.7 Å². The number of nitrogens with one attached hydrogen (secondary N) is 1. The third-order valence-corrected chi connectivity index (χ3v) is 0.898. The van der Waals surface area contributed by atoms with Crippen LogP contribution in [0.4, 0.5) is 0 Å². The van der Waals surface area contributed by atoms with Crippen molar-refractivity contribution in [3.05, 3.63) is 12.2 Å². The van der Waals surface area contributed by atoms with Crippen molar-refractivity contribution >= 4 is 5.71 Å². The average molecular weight is 121 g/mol. The summed E-state index contributed by atoms with van der Waals surface area (Å²) in [5, 5.41) is 7.01. The topological polar surface area (TPSA) is 23.9 Å². The van der Waals surface area contributed by atoms with Crippen LogP contribution in [0.15, 0.2) is 12.2 Å². The fourth-order valence-corrected chi connectivity index (χ4v) is 0.344. The van der Waals surface area contributed by atoms with Crippen LogP contribution in [0.2, 0.25) is 0 Å². The summed E-state index contributed by atoms with van der Waals surface area (Å²) in [4.78, 5) is 0. The summed E-state index contributed by atoms with van der Waals surface area (Å²) in [5.41, 5.74) is 0.539. The largest absolute Gasteiger partial charge is 0.306 e. The van der Waals surface area contributed by atoms with E-state index in [1.807, 2.05) is 13.0 Å². The van der Waals surface area contributed by atoms with Crippen LogP contribution in [0.3, 0.4) is 0 Å². The van der Waals surface area contributed by atoms with Gasteiger partial charge in [-0.2, -0.15) is 0 Å². The Morgan fingerprint density at radius 3 is 2.67 bits per heavy atom. The van der Waals surface area contributed by atoms with Crippen LogP contribution < -0.4 is 0 Å². The molecule has 9 heavy (non-hydrogen) atoms. The van der Waals surface area contributed by atoms with Gasteiger partial charge in [0.05, 0.1) is 0 Å². The number of hydrogen-bond donors (Lipinski definition) is 1. The van der Waals surface area contributed by atoms with Crippen molar-refractivity contribution in [1.29, 1.82) is 5.41 Å². The molecule has 0 saturated carbocycles. The standard InChI is InChI=1S/C8H11N/c1-4-7(2)5-6-8(3)9/h1,5-7,9H,2-3H3/b6-5-,9-8?. The second kappa shape index (κ2) is 3.91. The maximum atomic E-state index is 7.01. The van der Waals surface area contributed by atoms with Crippen molar-refractivity contribution in [2.45, 2.75) is 13.8 Å². The molecule has 48 valence electrons. The van der Waals surface area contributed by atoms with E-state index in [9.17, 15) is 0 Å². The molecule has 1 nitrogen and oxygen atoms in total. The highest BCUT2D eigenvalue weighted by molar-refractivity contribution is 5.89. The van der Waals surface area contributed by atoms with Gasteiger partial charge in [-0.1, -0.05) is 12.0 Å². The van der Waals surface area contributed by atoms with E-state index < -0.39 is 0 Å². The van der Waals surface area contributed by atoms with Crippen LogP contribution in [0.25, 0.3) is 0 Å². The fraction of sp³-hybridized carbons (Fsp3) is 0.375. The van der Waals surface area contributed by atoms with Gasteiger partial charge in [-0.25, -0.2) is 0 Å². The van der Waals surface area contributed by atoms with E-state index in [1.54, 1.807) is 13.0 Å². The highest BCUT2D eigenvalue weighted by Crippen LogP contribution is 1.92. The van der Waals surface area contributed by atoms with Crippen molar-refractivity contribution in [1.82, 2.24) is 0 Å². The Labute approximate surface area is 56.3 Å². The van der Waals surface area contributed by atoms with E-state index in [4.69, 9.17) is 11.8 Å². The van der Waals surface area contributed by atoms with Crippen molar-refractivity contribution < 1.29 is 0 Å². The molecule has 1 N–H and O–H groups in total. The lowest BCUT2D eigenvalue weighted by Crippen LogP contribution is -1.85. The van der Waals surface area contributed by atoms with E-state index in [0.29, 0.717) is 5.71 Å². The second-order valence-electron chi connectivity index (χ2n) is 2.00. The van der Waals surface area contributed by atoms with Crippen LogP contribution >= 0.6 is 0 Å². The smallest absolute Gasteiger partial charge is 0.0355 e.